The third kappa shape index (κ3) is 0.793. The van der Waals surface area contributed by atoms with Gasteiger partial charge in [-0.15, -0.1) is 0 Å². The first-order valence-electron chi connectivity index (χ1n) is 4.25. The molecular weight excluding hydrogens is 152 g/mol. The van der Waals surface area contributed by atoms with E-state index >= 15 is 0 Å². The molecule has 1 N–H and O–H groups in total. The van der Waals surface area contributed by atoms with Crippen LogP contribution in [-0.2, 0) is 0 Å². The number of pyridine rings is 1. The van der Waals surface area contributed by atoms with Gasteiger partial charge in [-0.2, -0.15) is 0 Å². The second-order valence-corrected chi connectivity index (χ2v) is 3.51. The third-order valence-corrected chi connectivity index (χ3v) is 2.52. The molecule has 0 unspecified atom stereocenters. The fraction of sp³-hybridized carbons (Fsp3) is 0.444. The van der Waals surface area contributed by atoms with Gasteiger partial charge in [0.1, 0.15) is 11.4 Å². The van der Waals surface area contributed by atoms with Gasteiger partial charge in [-0.25, -0.2) is 0 Å². The van der Waals surface area contributed by atoms with Gasteiger partial charge in [-0.3, -0.25) is 4.98 Å². The number of hydrogen-bond acceptors (Lipinski definition) is 3. The Kier molecular flexibility index (Phi) is 1.00. The first kappa shape index (κ1) is 6.29. The minimum absolute atomic E-state index is 0.133. The van der Waals surface area contributed by atoms with Gasteiger partial charge in [0.05, 0.1) is 18.4 Å². The SMILES string of the molecule is c1cc2c(cn1)NCC1(CC1)O2. The number of aromatic nitrogens is 1. The normalized spacial score (nSPS) is 22.3. The number of hydrogen-bond donors (Lipinski definition) is 1. The molecule has 2 aliphatic rings. The van der Waals surface area contributed by atoms with E-state index in [9.17, 15) is 0 Å². The average molecular weight is 162 g/mol. The number of fused-ring (bicyclic) bond motifs is 1. The predicted octanol–water partition coefficient (Wildman–Crippen LogP) is 1.42. The molecule has 62 valence electrons. The molecule has 3 nitrogen and oxygen atoms in total. The van der Waals surface area contributed by atoms with Gasteiger partial charge in [0.15, 0.2) is 0 Å². The number of rotatable bonds is 0. The summed E-state index contributed by atoms with van der Waals surface area (Å²) in [5.74, 6) is 0.953. The van der Waals surface area contributed by atoms with E-state index in [-0.39, 0.29) is 5.60 Å². The molecule has 1 spiro atoms. The second-order valence-electron chi connectivity index (χ2n) is 3.51. The lowest BCUT2D eigenvalue weighted by Crippen LogP contribution is -2.32. The van der Waals surface area contributed by atoms with Crippen molar-refractivity contribution in [3.05, 3.63) is 18.5 Å². The quantitative estimate of drug-likeness (QED) is 0.626. The Morgan fingerprint density at radius 2 is 2.42 bits per heavy atom. The Balaban J connectivity index is 2.01. The van der Waals surface area contributed by atoms with Crippen LogP contribution in [0.25, 0.3) is 0 Å². The zero-order valence-corrected chi connectivity index (χ0v) is 6.71. The van der Waals surface area contributed by atoms with Crippen LogP contribution in [0.15, 0.2) is 18.5 Å². The van der Waals surface area contributed by atoms with Crippen LogP contribution in [0, 0.1) is 0 Å². The van der Waals surface area contributed by atoms with Crippen LogP contribution in [0.1, 0.15) is 12.8 Å². The molecular formula is C9H10N2O. The van der Waals surface area contributed by atoms with Gasteiger partial charge >= 0.3 is 0 Å². The van der Waals surface area contributed by atoms with Crippen LogP contribution >= 0.6 is 0 Å². The van der Waals surface area contributed by atoms with Crippen LogP contribution in [-0.4, -0.2) is 17.1 Å². The molecule has 1 aliphatic carbocycles. The molecule has 1 aliphatic heterocycles. The molecule has 1 saturated carbocycles. The van der Waals surface area contributed by atoms with Crippen molar-refractivity contribution in [1.82, 2.24) is 4.98 Å². The molecule has 12 heavy (non-hydrogen) atoms. The van der Waals surface area contributed by atoms with Gasteiger partial charge in [0.25, 0.3) is 0 Å². The topological polar surface area (TPSA) is 34.2 Å². The summed E-state index contributed by atoms with van der Waals surface area (Å²) in [5, 5.41) is 3.33. The molecule has 1 aromatic rings. The van der Waals surface area contributed by atoms with Gasteiger partial charge in [-0.05, 0) is 12.8 Å². The Morgan fingerprint density at radius 3 is 3.25 bits per heavy atom. The van der Waals surface area contributed by atoms with E-state index in [1.165, 1.54) is 12.8 Å². The van der Waals surface area contributed by atoms with Crippen LogP contribution in [0.4, 0.5) is 5.69 Å². The van der Waals surface area contributed by atoms with Crippen LogP contribution in [0.3, 0.4) is 0 Å². The molecule has 1 aromatic heterocycles. The van der Waals surface area contributed by atoms with Gasteiger partial charge in [0, 0.05) is 12.3 Å². The van der Waals surface area contributed by atoms with Crippen LogP contribution in [0.2, 0.25) is 0 Å². The van der Waals surface area contributed by atoms with Gasteiger partial charge in [0.2, 0.25) is 0 Å². The van der Waals surface area contributed by atoms with Crippen molar-refractivity contribution in [2.24, 2.45) is 0 Å². The summed E-state index contributed by atoms with van der Waals surface area (Å²) in [4.78, 5) is 4.02. The van der Waals surface area contributed by atoms with E-state index in [0.717, 1.165) is 18.0 Å². The highest BCUT2D eigenvalue weighted by Crippen LogP contribution is 2.45. The largest absolute Gasteiger partial charge is 0.483 e. The highest BCUT2D eigenvalue weighted by atomic mass is 16.5. The summed E-state index contributed by atoms with van der Waals surface area (Å²) in [7, 11) is 0. The molecule has 0 bridgehead atoms. The summed E-state index contributed by atoms with van der Waals surface area (Å²) < 4.78 is 5.83. The maximum absolute atomic E-state index is 5.83. The van der Waals surface area contributed by atoms with Gasteiger partial charge in [-0.1, -0.05) is 0 Å². The summed E-state index contributed by atoms with van der Waals surface area (Å²) in [5.41, 5.74) is 1.16. The lowest BCUT2D eigenvalue weighted by atomic mass is 10.2. The Hall–Kier alpha value is -1.25. The molecule has 0 saturated heterocycles. The van der Waals surface area contributed by atoms with Crippen molar-refractivity contribution in [3.8, 4) is 5.75 Å². The Morgan fingerprint density at radius 1 is 1.50 bits per heavy atom. The molecule has 0 radical (unpaired) electrons. The fourth-order valence-corrected chi connectivity index (χ4v) is 1.55. The fourth-order valence-electron chi connectivity index (χ4n) is 1.55. The number of nitrogens with zero attached hydrogens (tertiary/aromatic N) is 1. The smallest absolute Gasteiger partial charge is 0.146 e. The average Bonchev–Trinajstić information content (AvgIpc) is 2.85. The number of nitrogens with one attached hydrogen (secondary N) is 1. The van der Waals surface area contributed by atoms with E-state index in [1.54, 1.807) is 6.20 Å². The van der Waals surface area contributed by atoms with E-state index < -0.39 is 0 Å². The first-order chi connectivity index (χ1) is 5.88. The van der Waals surface area contributed by atoms with Crippen LogP contribution < -0.4 is 10.1 Å². The van der Waals surface area contributed by atoms with Crippen molar-refractivity contribution < 1.29 is 4.74 Å². The van der Waals surface area contributed by atoms with Gasteiger partial charge < -0.3 is 10.1 Å². The highest BCUT2D eigenvalue weighted by Gasteiger charge is 2.47. The van der Waals surface area contributed by atoms with Crippen molar-refractivity contribution in [2.45, 2.75) is 18.4 Å². The van der Waals surface area contributed by atoms with Crippen molar-refractivity contribution in [3.63, 3.8) is 0 Å². The molecule has 2 heterocycles. The highest BCUT2D eigenvalue weighted by molar-refractivity contribution is 5.57. The Labute approximate surface area is 70.8 Å². The zero-order valence-electron chi connectivity index (χ0n) is 6.71. The first-order valence-corrected chi connectivity index (χ1v) is 4.25. The molecule has 0 atom stereocenters. The summed E-state index contributed by atoms with van der Waals surface area (Å²) in [6.45, 7) is 0.936. The standard InChI is InChI=1S/C9H10N2O/c1-4-10-5-7-8(1)12-9(2-3-9)6-11-7/h1,4-5,11H,2-3,6H2. The monoisotopic (exact) mass is 162 g/mol. The van der Waals surface area contributed by atoms with E-state index in [0.29, 0.717) is 0 Å². The van der Waals surface area contributed by atoms with E-state index in [2.05, 4.69) is 10.3 Å². The van der Waals surface area contributed by atoms with E-state index in [4.69, 9.17) is 4.74 Å². The maximum Gasteiger partial charge on any atom is 0.146 e. The number of ether oxygens (including phenoxy) is 1. The minimum Gasteiger partial charge on any atom is -0.483 e. The zero-order chi connectivity index (χ0) is 8.02. The van der Waals surface area contributed by atoms with Crippen molar-refractivity contribution >= 4 is 5.69 Å². The molecule has 0 aromatic carbocycles. The molecule has 3 rings (SSSR count). The minimum atomic E-state index is 0.133. The second kappa shape index (κ2) is 1.91. The summed E-state index contributed by atoms with van der Waals surface area (Å²) in [6.07, 6.45) is 5.94. The number of anilines is 1. The van der Waals surface area contributed by atoms with Crippen molar-refractivity contribution in [2.75, 3.05) is 11.9 Å². The predicted molar refractivity (Wildman–Crippen MR) is 45.3 cm³/mol. The third-order valence-electron chi connectivity index (χ3n) is 2.52. The molecule has 0 amide bonds. The lowest BCUT2D eigenvalue weighted by molar-refractivity contribution is 0.184. The summed E-state index contributed by atoms with van der Waals surface area (Å²) in [6, 6.07) is 1.92. The maximum atomic E-state index is 5.83. The van der Waals surface area contributed by atoms with Crippen LogP contribution in [0.5, 0.6) is 5.75 Å². The Bertz CT molecular complexity index is 320. The summed E-state index contributed by atoms with van der Waals surface area (Å²) >= 11 is 0. The van der Waals surface area contributed by atoms with E-state index in [1.807, 2.05) is 12.3 Å². The molecule has 3 heteroatoms. The van der Waals surface area contributed by atoms with Crippen molar-refractivity contribution in [1.29, 1.82) is 0 Å². The lowest BCUT2D eigenvalue weighted by Gasteiger charge is -2.26. The molecule has 1 fully saturated rings.